The Bertz CT molecular complexity index is 969. The summed E-state index contributed by atoms with van der Waals surface area (Å²) in [5.41, 5.74) is 13.8. The van der Waals surface area contributed by atoms with Crippen LogP contribution in [0.25, 0.3) is 10.8 Å². The number of aromatic nitrogens is 2. The predicted molar refractivity (Wildman–Crippen MR) is 93.1 cm³/mol. The van der Waals surface area contributed by atoms with E-state index in [0.717, 1.165) is 22.0 Å². The van der Waals surface area contributed by atoms with Gasteiger partial charge in [-0.2, -0.15) is 4.98 Å². The molecule has 0 fully saturated rings. The molecule has 120 valence electrons. The first-order valence-corrected chi connectivity index (χ1v) is 7.76. The van der Waals surface area contributed by atoms with Crippen molar-refractivity contribution < 1.29 is 4.79 Å². The molecular formula is C18H17N5O. The monoisotopic (exact) mass is 319 g/mol. The topological polar surface area (TPSA) is 98.1 Å². The molecule has 3 aromatic rings. The van der Waals surface area contributed by atoms with Gasteiger partial charge in [0, 0.05) is 11.1 Å². The number of fused-ring (bicyclic) bond motifs is 2. The molecule has 0 aliphatic carbocycles. The largest absolute Gasteiger partial charge is 0.383 e. The van der Waals surface area contributed by atoms with Crippen molar-refractivity contribution in [1.29, 1.82) is 0 Å². The number of hydrogen-bond acceptors (Lipinski definition) is 5. The summed E-state index contributed by atoms with van der Waals surface area (Å²) in [4.78, 5) is 23.0. The maximum atomic E-state index is 13.0. The van der Waals surface area contributed by atoms with Gasteiger partial charge in [-0.15, -0.1) is 0 Å². The summed E-state index contributed by atoms with van der Waals surface area (Å²) in [5.74, 6) is 0.431. The number of nitrogen functional groups attached to an aromatic ring is 2. The highest BCUT2D eigenvalue weighted by molar-refractivity contribution is 5.99. The van der Waals surface area contributed by atoms with Gasteiger partial charge in [0.25, 0.3) is 5.91 Å². The van der Waals surface area contributed by atoms with Gasteiger partial charge >= 0.3 is 0 Å². The summed E-state index contributed by atoms with van der Waals surface area (Å²) in [6.07, 6.45) is 0. The molecule has 1 amide bonds. The first kappa shape index (κ1) is 14.4. The lowest BCUT2D eigenvalue weighted by Gasteiger charge is -2.21. The first-order valence-electron chi connectivity index (χ1n) is 7.76. The Kier molecular flexibility index (Phi) is 3.13. The van der Waals surface area contributed by atoms with Crippen molar-refractivity contribution in [3.8, 4) is 0 Å². The van der Waals surface area contributed by atoms with Crippen LogP contribution in [0.5, 0.6) is 0 Å². The molecule has 1 aliphatic rings. The molecule has 1 aliphatic heterocycles. The molecule has 1 aromatic heterocycles. The number of nitrogens with zero attached hydrogens (tertiary/aromatic N) is 3. The molecule has 0 saturated carbocycles. The molecule has 6 heteroatoms. The van der Waals surface area contributed by atoms with Crippen LogP contribution < -0.4 is 11.5 Å². The average molecular weight is 319 g/mol. The summed E-state index contributed by atoms with van der Waals surface area (Å²) in [6.45, 7) is 2.32. The van der Waals surface area contributed by atoms with Crippen molar-refractivity contribution in [1.82, 2.24) is 14.9 Å². The normalized spacial score (nSPS) is 16.4. The quantitative estimate of drug-likeness (QED) is 0.718. The lowest BCUT2D eigenvalue weighted by Crippen LogP contribution is -2.28. The van der Waals surface area contributed by atoms with Crippen LogP contribution >= 0.6 is 0 Å². The molecule has 4 rings (SSSR count). The molecule has 1 unspecified atom stereocenters. The molecule has 0 spiro atoms. The van der Waals surface area contributed by atoms with E-state index in [9.17, 15) is 4.79 Å². The zero-order valence-electron chi connectivity index (χ0n) is 13.2. The third-order valence-corrected chi connectivity index (χ3v) is 4.54. The van der Waals surface area contributed by atoms with Crippen molar-refractivity contribution in [3.63, 3.8) is 0 Å². The van der Waals surface area contributed by atoms with Crippen molar-refractivity contribution >= 4 is 28.4 Å². The van der Waals surface area contributed by atoms with Gasteiger partial charge in [0.1, 0.15) is 5.82 Å². The fourth-order valence-corrected chi connectivity index (χ4v) is 3.24. The number of rotatable bonds is 1. The highest BCUT2D eigenvalue weighted by Crippen LogP contribution is 2.36. The van der Waals surface area contributed by atoms with E-state index < -0.39 is 0 Å². The Labute approximate surface area is 139 Å². The number of benzene rings is 2. The summed E-state index contributed by atoms with van der Waals surface area (Å²) < 4.78 is 0. The van der Waals surface area contributed by atoms with Crippen LogP contribution in [-0.4, -0.2) is 20.8 Å². The molecular weight excluding hydrogens is 302 g/mol. The van der Waals surface area contributed by atoms with Crippen LogP contribution in [-0.2, 0) is 6.54 Å². The molecule has 24 heavy (non-hydrogen) atoms. The SMILES string of the molecule is CC1c2nc(N)nc(N)c2CN1C(=O)c1ccc2ccccc2c1. The van der Waals surface area contributed by atoms with Gasteiger partial charge in [-0.05, 0) is 29.8 Å². The minimum absolute atomic E-state index is 0.0516. The molecule has 0 saturated heterocycles. The second-order valence-corrected chi connectivity index (χ2v) is 6.00. The maximum absolute atomic E-state index is 13.0. The van der Waals surface area contributed by atoms with Crippen molar-refractivity contribution in [2.45, 2.75) is 19.5 Å². The van der Waals surface area contributed by atoms with E-state index in [1.165, 1.54) is 0 Å². The van der Waals surface area contributed by atoms with E-state index in [-0.39, 0.29) is 17.9 Å². The van der Waals surface area contributed by atoms with Gasteiger partial charge in [-0.3, -0.25) is 4.79 Å². The lowest BCUT2D eigenvalue weighted by atomic mass is 10.1. The van der Waals surface area contributed by atoms with Crippen molar-refractivity contribution in [2.24, 2.45) is 0 Å². The van der Waals surface area contributed by atoms with Crippen molar-refractivity contribution in [2.75, 3.05) is 11.5 Å². The molecule has 6 nitrogen and oxygen atoms in total. The van der Waals surface area contributed by atoms with E-state index in [1.54, 1.807) is 4.90 Å². The molecule has 2 aromatic carbocycles. The number of carbonyl (C=O) groups excluding carboxylic acids is 1. The van der Waals surface area contributed by atoms with E-state index >= 15 is 0 Å². The average Bonchev–Trinajstić information content (AvgIpc) is 2.91. The fraction of sp³-hybridized carbons (Fsp3) is 0.167. The van der Waals surface area contributed by atoms with Crippen LogP contribution in [0, 0.1) is 0 Å². The third-order valence-electron chi connectivity index (χ3n) is 4.54. The maximum Gasteiger partial charge on any atom is 0.254 e. The van der Waals surface area contributed by atoms with Crippen LogP contribution in [0.2, 0.25) is 0 Å². The van der Waals surface area contributed by atoms with Crippen LogP contribution in [0.4, 0.5) is 11.8 Å². The molecule has 0 radical (unpaired) electrons. The summed E-state index contributed by atoms with van der Waals surface area (Å²) in [6, 6.07) is 13.5. The summed E-state index contributed by atoms with van der Waals surface area (Å²) in [7, 11) is 0. The van der Waals surface area contributed by atoms with Crippen LogP contribution in [0.15, 0.2) is 42.5 Å². The van der Waals surface area contributed by atoms with Gasteiger partial charge in [-0.1, -0.05) is 30.3 Å². The second-order valence-electron chi connectivity index (χ2n) is 6.00. The van der Waals surface area contributed by atoms with Gasteiger partial charge in [0.05, 0.1) is 18.3 Å². The molecule has 0 bridgehead atoms. The van der Waals surface area contributed by atoms with E-state index in [2.05, 4.69) is 9.97 Å². The summed E-state index contributed by atoms with van der Waals surface area (Å²) in [5, 5.41) is 2.14. The van der Waals surface area contributed by atoms with Gasteiger partial charge < -0.3 is 16.4 Å². The van der Waals surface area contributed by atoms with Crippen LogP contribution in [0.1, 0.15) is 34.6 Å². The Balaban J connectivity index is 1.71. The van der Waals surface area contributed by atoms with E-state index in [0.29, 0.717) is 17.9 Å². The Hall–Kier alpha value is -3.15. The fourth-order valence-electron chi connectivity index (χ4n) is 3.24. The number of hydrogen-bond donors (Lipinski definition) is 2. The molecule has 2 heterocycles. The number of nitrogens with two attached hydrogens (primary N) is 2. The number of amides is 1. The Morgan fingerprint density at radius 3 is 2.67 bits per heavy atom. The minimum Gasteiger partial charge on any atom is -0.383 e. The predicted octanol–water partition coefficient (Wildman–Crippen LogP) is 2.51. The van der Waals surface area contributed by atoms with Crippen molar-refractivity contribution in [3.05, 3.63) is 59.3 Å². The minimum atomic E-state index is -0.188. The third kappa shape index (κ3) is 2.15. The standard InChI is InChI=1S/C18H17N5O/c1-10-15-14(16(19)22-18(20)21-15)9-23(10)17(24)13-7-6-11-4-2-3-5-12(11)8-13/h2-8,10H,9H2,1H3,(H4,19,20,21,22). The van der Waals surface area contributed by atoms with Gasteiger partial charge in [0.15, 0.2) is 0 Å². The van der Waals surface area contributed by atoms with Gasteiger partial charge in [0.2, 0.25) is 5.95 Å². The Morgan fingerprint density at radius 2 is 1.88 bits per heavy atom. The van der Waals surface area contributed by atoms with E-state index in [4.69, 9.17) is 11.5 Å². The highest BCUT2D eigenvalue weighted by atomic mass is 16.2. The smallest absolute Gasteiger partial charge is 0.254 e. The van der Waals surface area contributed by atoms with Crippen LogP contribution in [0.3, 0.4) is 0 Å². The second kappa shape index (κ2) is 5.19. The summed E-state index contributed by atoms with van der Waals surface area (Å²) >= 11 is 0. The van der Waals surface area contributed by atoms with Gasteiger partial charge in [-0.25, -0.2) is 4.98 Å². The molecule has 4 N–H and O–H groups in total. The molecule has 1 atom stereocenters. The Morgan fingerprint density at radius 1 is 1.12 bits per heavy atom. The number of carbonyl (C=O) groups is 1. The van der Waals surface area contributed by atoms with E-state index in [1.807, 2.05) is 49.4 Å². The first-order chi connectivity index (χ1) is 11.5. The highest BCUT2D eigenvalue weighted by Gasteiger charge is 2.34. The number of anilines is 2. The zero-order valence-corrected chi connectivity index (χ0v) is 13.2. The lowest BCUT2D eigenvalue weighted by molar-refractivity contribution is 0.0703. The zero-order chi connectivity index (χ0) is 16.8.